The normalized spacial score (nSPS) is 15.9. The Morgan fingerprint density at radius 2 is 2.22 bits per heavy atom. The van der Waals surface area contributed by atoms with Crippen LogP contribution in [0.1, 0.15) is 45.0 Å². The molecule has 1 aromatic heterocycles. The lowest BCUT2D eigenvalue weighted by molar-refractivity contribution is 0.677. The van der Waals surface area contributed by atoms with Gasteiger partial charge in [0.15, 0.2) is 0 Å². The van der Waals surface area contributed by atoms with Gasteiger partial charge in [0, 0.05) is 29.1 Å². The fourth-order valence-electron chi connectivity index (χ4n) is 1.48. The molecule has 0 aromatic carbocycles. The van der Waals surface area contributed by atoms with E-state index >= 15 is 0 Å². The van der Waals surface area contributed by atoms with Crippen molar-refractivity contribution < 1.29 is 0 Å². The summed E-state index contributed by atoms with van der Waals surface area (Å²) in [4.78, 5) is 19.0. The van der Waals surface area contributed by atoms with Gasteiger partial charge in [-0.05, 0) is 12.8 Å². The molecule has 2 N–H and O–H groups in total. The Balaban J connectivity index is 1.93. The summed E-state index contributed by atoms with van der Waals surface area (Å²) >= 11 is 1.78. The van der Waals surface area contributed by atoms with Crippen LogP contribution in [0.4, 0.5) is 0 Å². The predicted molar refractivity (Wildman–Crippen MR) is 75.8 cm³/mol. The largest absolute Gasteiger partial charge is 0.310 e. The topological polar surface area (TPSA) is 57.8 Å². The number of aromatic amines is 1. The number of hydrogen-bond acceptors (Lipinski definition) is 4. The quantitative estimate of drug-likeness (QED) is 0.857. The molecule has 100 valence electrons. The average molecular weight is 267 g/mol. The summed E-state index contributed by atoms with van der Waals surface area (Å²) in [6.07, 6.45) is 4.16. The molecule has 0 amide bonds. The minimum absolute atomic E-state index is 0.0114. The van der Waals surface area contributed by atoms with Gasteiger partial charge in [-0.15, -0.1) is 11.8 Å². The average Bonchev–Trinajstić information content (AvgIpc) is 3.08. The Morgan fingerprint density at radius 1 is 1.50 bits per heavy atom. The van der Waals surface area contributed by atoms with Gasteiger partial charge in [-0.2, -0.15) is 0 Å². The maximum absolute atomic E-state index is 11.9. The van der Waals surface area contributed by atoms with Crippen molar-refractivity contribution in [1.82, 2.24) is 15.3 Å². The van der Waals surface area contributed by atoms with Crippen molar-refractivity contribution in [2.45, 2.75) is 56.7 Å². The van der Waals surface area contributed by atoms with Gasteiger partial charge in [0.2, 0.25) is 0 Å². The number of rotatable bonds is 5. The van der Waals surface area contributed by atoms with Gasteiger partial charge in [0.25, 0.3) is 5.56 Å². The van der Waals surface area contributed by atoms with Crippen LogP contribution in [0.5, 0.6) is 0 Å². The smallest absolute Gasteiger partial charge is 0.255 e. The zero-order valence-electron chi connectivity index (χ0n) is 11.2. The molecule has 1 aromatic rings. The van der Waals surface area contributed by atoms with Crippen LogP contribution in [0.25, 0.3) is 0 Å². The Bertz CT molecular complexity index is 460. The molecule has 0 saturated heterocycles. The molecule has 4 nitrogen and oxygen atoms in total. The Morgan fingerprint density at radius 3 is 2.78 bits per heavy atom. The van der Waals surface area contributed by atoms with Crippen LogP contribution >= 0.6 is 11.8 Å². The number of nitrogens with one attached hydrogen (secondary N) is 2. The zero-order valence-corrected chi connectivity index (χ0v) is 12.1. The maximum Gasteiger partial charge on any atom is 0.255 e. The minimum atomic E-state index is -0.0114. The lowest BCUT2D eigenvalue weighted by atomic mass is 10.3. The molecule has 1 aliphatic rings. The molecule has 0 bridgehead atoms. The van der Waals surface area contributed by atoms with Crippen molar-refractivity contribution in [3.8, 4) is 0 Å². The van der Waals surface area contributed by atoms with Gasteiger partial charge in [-0.1, -0.05) is 20.8 Å². The molecular formula is C13H21N3OS. The summed E-state index contributed by atoms with van der Waals surface area (Å²) in [5.74, 6) is 1.50. The monoisotopic (exact) mass is 267 g/mol. The lowest BCUT2D eigenvalue weighted by Crippen LogP contribution is -2.24. The second-order valence-electron chi connectivity index (χ2n) is 5.74. The van der Waals surface area contributed by atoms with E-state index in [1.807, 2.05) is 0 Å². The van der Waals surface area contributed by atoms with E-state index in [0.29, 0.717) is 12.6 Å². The van der Waals surface area contributed by atoms with Crippen molar-refractivity contribution >= 4 is 11.8 Å². The number of hydrogen-bond donors (Lipinski definition) is 2. The van der Waals surface area contributed by atoms with E-state index in [0.717, 1.165) is 17.1 Å². The van der Waals surface area contributed by atoms with Crippen molar-refractivity contribution in [2.24, 2.45) is 0 Å². The van der Waals surface area contributed by atoms with Crippen molar-refractivity contribution in [2.75, 3.05) is 0 Å². The number of aromatic nitrogens is 2. The summed E-state index contributed by atoms with van der Waals surface area (Å²) in [6, 6.07) is 0.612. The van der Waals surface area contributed by atoms with E-state index in [1.165, 1.54) is 12.8 Å². The van der Waals surface area contributed by atoms with E-state index in [-0.39, 0.29) is 10.3 Å². The number of thioether (sulfide) groups is 1. The summed E-state index contributed by atoms with van der Waals surface area (Å²) < 4.78 is 0.185. The van der Waals surface area contributed by atoms with Gasteiger partial charge in [-0.25, -0.2) is 4.98 Å². The van der Waals surface area contributed by atoms with Crippen LogP contribution in [-0.4, -0.2) is 20.8 Å². The molecule has 1 fully saturated rings. The zero-order chi connectivity index (χ0) is 13.2. The number of nitrogens with zero attached hydrogens (tertiary/aromatic N) is 1. The molecule has 0 atom stereocenters. The molecule has 1 saturated carbocycles. The first-order valence-electron chi connectivity index (χ1n) is 6.38. The second kappa shape index (κ2) is 5.45. The first-order chi connectivity index (χ1) is 8.44. The Kier molecular flexibility index (Phi) is 4.12. The molecular weight excluding hydrogens is 246 g/mol. The van der Waals surface area contributed by atoms with E-state index in [1.54, 1.807) is 18.0 Å². The fraction of sp³-hybridized carbons (Fsp3) is 0.692. The Hall–Kier alpha value is -0.810. The number of H-pyrrole nitrogens is 1. The highest BCUT2D eigenvalue weighted by Gasteiger charge is 2.20. The van der Waals surface area contributed by atoms with E-state index in [9.17, 15) is 4.79 Å². The van der Waals surface area contributed by atoms with Crippen LogP contribution in [0, 0.1) is 0 Å². The van der Waals surface area contributed by atoms with Crippen LogP contribution in [-0.2, 0) is 12.3 Å². The third-order valence-corrected chi connectivity index (χ3v) is 4.01. The van der Waals surface area contributed by atoms with Gasteiger partial charge < -0.3 is 10.3 Å². The van der Waals surface area contributed by atoms with E-state index in [4.69, 9.17) is 0 Å². The summed E-state index contributed by atoms with van der Waals surface area (Å²) in [5, 5.41) is 3.32. The van der Waals surface area contributed by atoms with Gasteiger partial charge in [0.1, 0.15) is 5.82 Å². The third kappa shape index (κ3) is 4.46. The highest BCUT2D eigenvalue weighted by molar-refractivity contribution is 7.99. The summed E-state index contributed by atoms with van der Waals surface area (Å²) in [6.45, 7) is 7.09. The van der Waals surface area contributed by atoms with Crippen molar-refractivity contribution in [1.29, 1.82) is 0 Å². The first kappa shape index (κ1) is 13.6. The summed E-state index contributed by atoms with van der Waals surface area (Å²) in [7, 11) is 0. The molecule has 1 aliphatic carbocycles. The fourth-order valence-corrected chi connectivity index (χ4v) is 2.20. The van der Waals surface area contributed by atoms with E-state index < -0.39 is 0 Å². The molecule has 18 heavy (non-hydrogen) atoms. The van der Waals surface area contributed by atoms with Gasteiger partial charge >= 0.3 is 0 Å². The molecule has 0 spiro atoms. The van der Waals surface area contributed by atoms with Crippen LogP contribution in [0.2, 0.25) is 0 Å². The SMILES string of the molecule is CC(C)(C)SCc1ncc(CNC2CC2)c(=O)[nH]1. The second-order valence-corrected chi connectivity index (χ2v) is 7.54. The standard InChI is InChI=1S/C13H21N3OS/c1-13(2,3)18-8-11-15-7-9(12(17)16-11)6-14-10-4-5-10/h7,10,14H,4-6,8H2,1-3H3,(H,15,16,17). The highest BCUT2D eigenvalue weighted by atomic mass is 32.2. The van der Waals surface area contributed by atoms with Crippen LogP contribution in [0.15, 0.2) is 11.0 Å². The molecule has 1 heterocycles. The predicted octanol–water partition coefficient (Wildman–Crippen LogP) is 2.05. The Labute approximate surface area is 112 Å². The van der Waals surface area contributed by atoms with Crippen LogP contribution in [0.3, 0.4) is 0 Å². The molecule has 0 radical (unpaired) electrons. The van der Waals surface area contributed by atoms with E-state index in [2.05, 4.69) is 36.1 Å². The minimum Gasteiger partial charge on any atom is -0.310 e. The first-order valence-corrected chi connectivity index (χ1v) is 7.37. The lowest BCUT2D eigenvalue weighted by Gasteiger charge is -2.16. The molecule has 0 unspecified atom stereocenters. The van der Waals surface area contributed by atoms with Gasteiger partial charge in [0.05, 0.1) is 5.75 Å². The van der Waals surface area contributed by atoms with Gasteiger partial charge in [-0.3, -0.25) is 4.79 Å². The van der Waals surface area contributed by atoms with Crippen molar-refractivity contribution in [3.63, 3.8) is 0 Å². The summed E-state index contributed by atoms with van der Waals surface area (Å²) in [5.41, 5.74) is 0.717. The van der Waals surface area contributed by atoms with Crippen molar-refractivity contribution in [3.05, 3.63) is 27.9 Å². The third-order valence-electron chi connectivity index (χ3n) is 2.73. The maximum atomic E-state index is 11.9. The molecule has 2 rings (SSSR count). The molecule has 0 aliphatic heterocycles. The highest BCUT2D eigenvalue weighted by Crippen LogP contribution is 2.25. The van der Waals surface area contributed by atoms with Crippen LogP contribution < -0.4 is 10.9 Å². The molecule has 5 heteroatoms.